The smallest absolute Gasteiger partial charge is 0.0868 e. The molecule has 0 aliphatic carbocycles. The number of nitrogens with zero attached hydrogens (tertiary/aromatic N) is 1. The van der Waals surface area contributed by atoms with Crippen LogP contribution in [0.5, 0.6) is 0 Å². The Hall–Kier alpha value is -0.940. The first-order valence-electron chi connectivity index (χ1n) is 8.06. The van der Waals surface area contributed by atoms with Crippen LogP contribution >= 0.6 is 0 Å². The van der Waals surface area contributed by atoms with Crippen LogP contribution < -0.4 is 11.3 Å². The molecule has 0 radical (unpaired) electrons. The molecule has 2 unspecified atom stereocenters. The van der Waals surface area contributed by atoms with Crippen molar-refractivity contribution < 1.29 is 4.74 Å². The molecule has 1 aliphatic heterocycles. The van der Waals surface area contributed by atoms with Gasteiger partial charge in [0.25, 0.3) is 0 Å². The lowest BCUT2D eigenvalue weighted by atomic mass is 10.00. The number of rotatable bonds is 7. The van der Waals surface area contributed by atoms with Crippen LogP contribution in [0.25, 0.3) is 0 Å². The summed E-state index contributed by atoms with van der Waals surface area (Å²) in [7, 11) is 0. The van der Waals surface area contributed by atoms with Crippen molar-refractivity contribution in [1.29, 1.82) is 0 Å². The van der Waals surface area contributed by atoms with E-state index in [0.29, 0.717) is 6.04 Å². The van der Waals surface area contributed by atoms with Crippen molar-refractivity contribution in [3.05, 3.63) is 35.9 Å². The summed E-state index contributed by atoms with van der Waals surface area (Å²) in [6.07, 6.45) is 3.46. The molecule has 0 spiro atoms. The van der Waals surface area contributed by atoms with Gasteiger partial charge in [0.1, 0.15) is 0 Å². The normalized spacial score (nSPS) is 21.6. The number of benzene rings is 1. The molecule has 1 fully saturated rings. The molecule has 2 rings (SSSR count). The Kier molecular flexibility index (Phi) is 6.64. The van der Waals surface area contributed by atoms with Gasteiger partial charge in [-0.2, -0.15) is 0 Å². The summed E-state index contributed by atoms with van der Waals surface area (Å²) in [6, 6.07) is 11.4. The monoisotopic (exact) mass is 291 g/mol. The maximum absolute atomic E-state index is 5.93. The van der Waals surface area contributed by atoms with Crippen molar-refractivity contribution in [2.45, 2.75) is 51.3 Å². The van der Waals surface area contributed by atoms with Gasteiger partial charge in [-0.1, -0.05) is 30.3 Å². The molecule has 0 amide bonds. The minimum Gasteiger partial charge on any atom is -0.374 e. The number of ether oxygens (including phenoxy) is 1. The van der Waals surface area contributed by atoms with E-state index in [-0.39, 0.29) is 12.1 Å². The Balaban J connectivity index is 1.79. The molecule has 1 aromatic carbocycles. The summed E-state index contributed by atoms with van der Waals surface area (Å²) in [4.78, 5) is 2.47. The Morgan fingerprint density at radius 2 is 2.10 bits per heavy atom. The zero-order chi connectivity index (χ0) is 15.1. The van der Waals surface area contributed by atoms with Crippen molar-refractivity contribution in [2.75, 3.05) is 19.7 Å². The fourth-order valence-corrected chi connectivity index (χ4v) is 2.96. The van der Waals surface area contributed by atoms with Gasteiger partial charge in [0.15, 0.2) is 0 Å². The lowest BCUT2D eigenvalue weighted by molar-refractivity contribution is -0.0567. The van der Waals surface area contributed by atoms with Gasteiger partial charge < -0.3 is 4.74 Å². The molecule has 1 aliphatic rings. The largest absolute Gasteiger partial charge is 0.374 e. The molecule has 21 heavy (non-hydrogen) atoms. The first kappa shape index (κ1) is 16.4. The summed E-state index contributed by atoms with van der Waals surface area (Å²) in [5.41, 5.74) is 4.36. The Bertz CT molecular complexity index is 396. The van der Waals surface area contributed by atoms with Crippen LogP contribution in [0.4, 0.5) is 0 Å². The van der Waals surface area contributed by atoms with Crippen LogP contribution in [0.2, 0.25) is 0 Å². The summed E-state index contributed by atoms with van der Waals surface area (Å²) in [6.45, 7) is 7.28. The molecule has 1 aromatic rings. The molecular formula is C17H29N3O. The topological polar surface area (TPSA) is 50.5 Å². The van der Waals surface area contributed by atoms with E-state index in [9.17, 15) is 0 Å². The summed E-state index contributed by atoms with van der Waals surface area (Å²) in [5, 5.41) is 0. The van der Waals surface area contributed by atoms with Gasteiger partial charge in [-0.25, -0.2) is 0 Å². The highest BCUT2D eigenvalue weighted by atomic mass is 16.5. The van der Waals surface area contributed by atoms with Crippen molar-refractivity contribution in [2.24, 2.45) is 5.84 Å². The van der Waals surface area contributed by atoms with Crippen LogP contribution in [0, 0.1) is 0 Å². The molecule has 1 saturated heterocycles. The van der Waals surface area contributed by atoms with Crippen molar-refractivity contribution in [3.63, 3.8) is 0 Å². The van der Waals surface area contributed by atoms with E-state index in [4.69, 9.17) is 10.6 Å². The van der Waals surface area contributed by atoms with Crippen LogP contribution in [0.15, 0.2) is 30.3 Å². The van der Waals surface area contributed by atoms with E-state index in [0.717, 1.165) is 39.0 Å². The van der Waals surface area contributed by atoms with Gasteiger partial charge >= 0.3 is 0 Å². The molecule has 3 N–H and O–H groups in total. The van der Waals surface area contributed by atoms with Crippen LogP contribution in [0.1, 0.15) is 32.3 Å². The zero-order valence-corrected chi connectivity index (χ0v) is 13.3. The molecule has 1 heterocycles. The third kappa shape index (κ3) is 5.08. The standard InChI is InChI=1S/C17H29N3O/c1-14(2)20-11-12-21-17(13-20)16(19-18)10-6-9-15-7-4-3-5-8-15/h3-5,7-8,14,16-17,19H,6,9-13,18H2,1-2H3. The Labute approximate surface area is 128 Å². The maximum Gasteiger partial charge on any atom is 0.0868 e. The summed E-state index contributed by atoms with van der Waals surface area (Å²) >= 11 is 0. The van der Waals surface area contributed by atoms with Gasteiger partial charge in [-0.05, 0) is 38.7 Å². The number of morpholine rings is 1. The quantitative estimate of drug-likeness (QED) is 0.595. The highest BCUT2D eigenvalue weighted by Gasteiger charge is 2.28. The number of hydrazine groups is 1. The molecule has 4 heteroatoms. The number of hydrogen-bond acceptors (Lipinski definition) is 4. The van der Waals surface area contributed by atoms with Gasteiger partial charge in [-0.3, -0.25) is 16.2 Å². The first-order valence-corrected chi connectivity index (χ1v) is 8.06. The van der Waals surface area contributed by atoms with Gasteiger partial charge in [0.2, 0.25) is 0 Å². The highest BCUT2D eigenvalue weighted by Crippen LogP contribution is 2.15. The van der Waals surface area contributed by atoms with E-state index in [1.54, 1.807) is 0 Å². The van der Waals surface area contributed by atoms with E-state index in [1.807, 2.05) is 0 Å². The minimum atomic E-state index is 0.196. The minimum absolute atomic E-state index is 0.196. The Morgan fingerprint density at radius 1 is 1.33 bits per heavy atom. The van der Waals surface area contributed by atoms with Crippen LogP contribution in [0.3, 0.4) is 0 Å². The first-order chi connectivity index (χ1) is 10.2. The van der Waals surface area contributed by atoms with Crippen LogP contribution in [-0.4, -0.2) is 42.8 Å². The fraction of sp³-hybridized carbons (Fsp3) is 0.647. The average molecular weight is 291 g/mol. The molecule has 0 bridgehead atoms. The van der Waals surface area contributed by atoms with E-state index < -0.39 is 0 Å². The number of hydrogen-bond donors (Lipinski definition) is 2. The maximum atomic E-state index is 5.93. The number of nitrogens with one attached hydrogen (secondary N) is 1. The predicted molar refractivity (Wildman–Crippen MR) is 86.9 cm³/mol. The van der Waals surface area contributed by atoms with Crippen molar-refractivity contribution in [3.8, 4) is 0 Å². The highest BCUT2D eigenvalue weighted by molar-refractivity contribution is 5.14. The third-order valence-electron chi connectivity index (χ3n) is 4.34. The summed E-state index contributed by atoms with van der Waals surface area (Å²) in [5.74, 6) is 5.76. The molecule has 118 valence electrons. The second-order valence-electron chi connectivity index (χ2n) is 6.15. The second-order valence-corrected chi connectivity index (χ2v) is 6.15. The zero-order valence-electron chi connectivity index (χ0n) is 13.3. The SMILES string of the molecule is CC(C)N1CCOC(C(CCCc2ccccc2)NN)C1. The van der Waals surface area contributed by atoms with E-state index in [2.05, 4.69) is 54.5 Å². The van der Waals surface area contributed by atoms with Gasteiger partial charge in [-0.15, -0.1) is 0 Å². The van der Waals surface area contributed by atoms with Crippen molar-refractivity contribution >= 4 is 0 Å². The molecule has 2 atom stereocenters. The Morgan fingerprint density at radius 3 is 2.76 bits per heavy atom. The fourth-order valence-electron chi connectivity index (χ4n) is 2.96. The second kappa shape index (κ2) is 8.49. The predicted octanol–water partition coefficient (Wildman–Crippen LogP) is 1.95. The average Bonchev–Trinajstić information content (AvgIpc) is 2.52. The van der Waals surface area contributed by atoms with Crippen molar-refractivity contribution in [1.82, 2.24) is 10.3 Å². The summed E-state index contributed by atoms with van der Waals surface area (Å²) < 4.78 is 5.93. The van der Waals surface area contributed by atoms with Crippen LogP contribution in [-0.2, 0) is 11.2 Å². The van der Waals surface area contributed by atoms with Gasteiger partial charge in [0, 0.05) is 25.2 Å². The molecule has 0 aromatic heterocycles. The molecule has 4 nitrogen and oxygen atoms in total. The molecular weight excluding hydrogens is 262 g/mol. The number of nitrogens with two attached hydrogens (primary N) is 1. The third-order valence-corrected chi connectivity index (χ3v) is 4.34. The van der Waals surface area contributed by atoms with E-state index in [1.165, 1.54) is 5.56 Å². The molecule has 0 saturated carbocycles. The lowest BCUT2D eigenvalue weighted by Crippen LogP contribution is -2.55. The number of aryl methyl sites for hydroxylation is 1. The van der Waals surface area contributed by atoms with Gasteiger partial charge in [0.05, 0.1) is 12.7 Å². The van der Waals surface area contributed by atoms with E-state index >= 15 is 0 Å². The lowest BCUT2D eigenvalue weighted by Gasteiger charge is -2.38.